The molecular weight excluding hydrogens is 520 g/mol. The maximum atomic E-state index is 12.5. The van der Waals surface area contributed by atoms with Crippen molar-refractivity contribution in [1.82, 2.24) is 10.6 Å². The lowest BCUT2D eigenvalue weighted by molar-refractivity contribution is -0.149. The second-order valence-corrected chi connectivity index (χ2v) is 10.1. The van der Waals surface area contributed by atoms with Crippen molar-refractivity contribution in [3.8, 4) is 11.5 Å². The van der Waals surface area contributed by atoms with Crippen molar-refractivity contribution in [3.63, 3.8) is 0 Å². The first-order chi connectivity index (χ1) is 19.9. The van der Waals surface area contributed by atoms with Crippen LogP contribution >= 0.6 is 0 Å². The number of carbonyl (C=O) groups excluding carboxylic acids is 3. The van der Waals surface area contributed by atoms with Crippen LogP contribution in [0.2, 0.25) is 0 Å². The number of benzene rings is 3. The summed E-state index contributed by atoms with van der Waals surface area (Å²) >= 11 is 0. The minimum atomic E-state index is -0.227. The number of hydrogen-bond acceptors (Lipinski definition) is 6. The van der Waals surface area contributed by atoms with Crippen LogP contribution in [0.25, 0.3) is 0 Å². The molecule has 0 heterocycles. The van der Waals surface area contributed by atoms with E-state index >= 15 is 0 Å². The van der Waals surface area contributed by atoms with Gasteiger partial charge in [-0.1, -0.05) is 30.3 Å². The molecule has 41 heavy (non-hydrogen) atoms. The SMILES string of the molecule is CCOC(=O)C1CCC(Oc2ccc(C(=O)NCCNC(=O)c3ccc(O[C@@H](C)c4ccccc4)cc3)cc2)CC1. The van der Waals surface area contributed by atoms with Crippen LogP contribution in [0.1, 0.15) is 71.9 Å². The van der Waals surface area contributed by atoms with Gasteiger partial charge in [0.2, 0.25) is 0 Å². The lowest BCUT2D eigenvalue weighted by atomic mass is 9.87. The van der Waals surface area contributed by atoms with E-state index in [1.165, 1.54) is 0 Å². The Morgan fingerprint density at radius 1 is 0.756 bits per heavy atom. The molecule has 0 bridgehead atoms. The first-order valence-electron chi connectivity index (χ1n) is 14.2. The van der Waals surface area contributed by atoms with E-state index in [1.54, 1.807) is 48.5 Å². The topological polar surface area (TPSA) is 103 Å². The van der Waals surface area contributed by atoms with Crippen LogP contribution in [0, 0.1) is 5.92 Å². The van der Waals surface area contributed by atoms with E-state index in [0.717, 1.165) is 31.2 Å². The van der Waals surface area contributed by atoms with Gasteiger partial charge in [0.15, 0.2) is 0 Å². The van der Waals surface area contributed by atoms with E-state index in [0.29, 0.717) is 42.3 Å². The Kier molecular flexibility index (Phi) is 10.8. The molecule has 2 N–H and O–H groups in total. The fraction of sp³-hybridized carbons (Fsp3) is 0.364. The van der Waals surface area contributed by atoms with E-state index in [9.17, 15) is 14.4 Å². The van der Waals surface area contributed by atoms with Gasteiger partial charge in [-0.3, -0.25) is 14.4 Å². The molecule has 4 rings (SSSR count). The Labute approximate surface area is 241 Å². The molecule has 0 aromatic heterocycles. The summed E-state index contributed by atoms with van der Waals surface area (Å²) in [6.45, 7) is 4.80. The first-order valence-corrected chi connectivity index (χ1v) is 14.2. The third kappa shape index (κ3) is 8.83. The van der Waals surface area contributed by atoms with Crippen molar-refractivity contribution in [1.29, 1.82) is 0 Å². The summed E-state index contributed by atoms with van der Waals surface area (Å²) in [5.74, 6) is 0.770. The molecular formula is C33H38N2O6. The molecule has 216 valence electrons. The van der Waals surface area contributed by atoms with Crippen LogP contribution in [-0.4, -0.2) is 43.6 Å². The molecule has 0 aliphatic heterocycles. The summed E-state index contributed by atoms with van der Waals surface area (Å²) in [5.41, 5.74) is 2.10. The normalized spacial score (nSPS) is 17.1. The monoisotopic (exact) mass is 558 g/mol. The molecule has 1 saturated carbocycles. The second-order valence-electron chi connectivity index (χ2n) is 10.1. The summed E-state index contributed by atoms with van der Waals surface area (Å²) in [4.78, 5) is 36.9. The zero-order valence-electron chi connectivity index (χ0n) is 23.6. The standard InChI is InChI=1S/C33H38N2O6/c1-3-39-33(38)27-13-19-30(20-14-27)41-29-17-11-26(12-18-29)32(37)35-22-21-34-31(36)25-9-15-28(16-10-25)40-23(2)24-7-5-4-6-8-24/h4-12,15-18,23,27,30H,3,13-14,19-22H2,1-2H3,(H,34,36)(H,35,37)/t23-,27?,30?/m0/s1. The van der Waals surface area contributed by atoms with Crippen LogP contribution < -0.4 is 20.1 Å². The third-order valence-electron chi connectivity index (χ3n) is 7.11. The predicted molar refractivity (Wildman–Crippen MR) is 156 cm³/mol. The van der Waals surface area contributed by atoms with Crippen LogP contribution in [0.5, 0.6) is 11.5 Å². The maximum Gasteiger partial charge on any atom is 0.308 e. The summed E-state index contributed by atoms with van der Waals surface area (Å²) in [6.07, 6.45) is 3.05. The number of hydrogen-bond donors (Lipinski definition) is 2. The van der Waals surface area contributed by atoms with Crippen molar-refractivity contribution >= 4 is 17.8 Å². The van der Waals surface area contributed by atoms with Gasteiger partial charge in [-0.05, 0) is 93.6 Å². The zero-order chi connectivity index (χ0) is 29.0. The smallest absolute Gasteiger partial charge is 0.308 e. The van der Waals surface area contributed by atoms with Crippen molar-refractivity contribution in [3.05, 3.63) is 95.6 Å². The Morgan fingerprint density at radius 2 is 1.29 bits per heavy atom. The van der Waals surface area contributed by atoms with Crippen LogP contribution in [0.15, 0.2) is 78.9 Å². The van der Waals surface area contributed by atoms with Gasteiger partial charge in [0, 0.05) is 24.2 Å². The minimum absolute atomic E-state index is 0.0418. The summed E-state index contributed by atoms with van der Waals surface area (Å²) in [7, 11) is 0. The van der Waals surface area contributed by atoms with Gasteiger partial charge in [-0.25, -0.2) is 0 Å². The lowest BCUT2D eigenvalue weighted by Gasteiger charge is -2.27. The van der Waals surface area contributed by atoms with E-state index in [2.05, 4.69) is 10.6 Å². The predicted octanol–water partition coefficient (Wildman–Crippen LogP) is 5.49. The number of nitrogens with one attached hydrogen (secondary N) is 2. The number of carbonyl (C=O) groups is 3. The molecule has 1 fully saturated rings. The van der Waals surface area contributed by atoms with Gasteiger partial charge in [0.1, 0.15) is 17.6 Å². The van der Waals surface area contributed by atoms with E-state index in [1.807, 2.05) is 44.2 Å². The molecule has 3 aromatic rings. The first kappa shape index (κ1) is 29.6. The third-order valence-corrected chi connectivity index (χ3v) is 7.11. The Hall–Kier alpha value is -4.33. The van der Waals surface area contributed by atoms with E-state index in [-0.39, 0.29) is 35.9 Å². The quantitative estimate of drug-likeness (QED) is 0.225. The average Bonchev–Trinajstić information content (AvgIpc) is 3.00. The lowest BCUT2D eigenvalue weighted by Crippen LogP contribution is -2.34. The van der Waals surface area contributed by atoms with Gasteiger partial charge in [0.25, 0.3) is 11.8 Å². The van der Waals surface area contributed by atoms with Crippen LogP contribution in [-0.2, 0) is 9.53 Å². The maximum absolute atomic E-state index is 12.5. The largest absolute Gasteiger partial charge is 0.490 e. The highest BCUT2D eigenvalue weighted by molar-refractivity contribution is 5.95. The second kappa shape index (κ2) is 14.9. The van der Waals surface area contributed by atoms with Gasteiger partial charge in [0.05, 0.1) is 18.6 Å². The van der Waals surface area contributed by atoms with Crippen molar-refractivity contribution in [2.75, 3.05) is 19.7 Å². The van der Waals surface area contributed by atoms with Crippen molar-refractivity contribution < 1.29 is 28.6 Å². The number of amides is 2. The summed E-state index contributed by atoms with van der Waals surface area (Å²) < 4.78 is 17.1. The summed E-state index contributed by atoms with van der Waals surface area (Å²) in [5, 5.41) is 5.64. The number of ether oxygens (including phenoxy) is 3. The highest BCUT2D eigenvalue weighted by atomic mass is 16.5. The molecule has 8 heteroatoms. The van der Waals surface area contributed by atoms with E-state index in [4.69, 9.17) is 14.2 Å². The summed E-state index contributed by atoms with van der Waals surface area (Å²) in [6, 6.07) is 23.9. The van der Waals surface area contributed by atoms with Crippen LogP contribution in [0.4, 0.5) is 0 Å². The Balaban J connectivity index is 1.14. The van der Waals surface area contributed by atoms with E-state index < -0.39 is 0 Å². The number of rotatable bonds is 12. The fourth-order valence-electron chi connectivity index (χ4n) is 4.79. The number of esters is 1. The molecule has 0 radical (unpaired) electrons. The molecule has 1 atom stereocenters. The van der Waals surface area contributed by atoms with Crippen LogP contribution in [0.3, 0.4) is 0 Å². The zero-order valence-corrected chi connectivity index (χ0v) is 23.6. The average molecular weight is 559 g/mol. The molecule has 0 saturated heterocycles. The Bertz CT molecular complexity index is 1270. The van der Waals surface area contributed by atoms with Gasteiger partial charge < -0.3 is 24.8 Å². The van der Waals surface area contributed by atoms with Gasteiger partial charge in [-0.2, -0.15) is 0 Å². The molecule has 1 aliphatic carbocycles. The highest BCUT2D eigenvalue weighted by Gasteiger charge is 2.28. The highest BCUT2D eigenvalue weighted by Crippen LogP contribution is 2.29. The molecule has 2 amide bonds. The van der Waals surface area contributed by atoms with Crippen molar-refractivity contribution in [2.45, 2.75) is 51.7 Å². The minimum Gasteiger partial charge on any atom is -0.490 e. The Morgan fingerprint density at radius 3 is 1.83 bits per heavy atom. The molecule has 0 spiro atoms. The molecule has 0 unspecified atom stereocenters. The van der Waals surface area contributed by atoms with Gasteiger partial charge in [-0.15, -0.1) is 0 Å². The van der Waals surface area contributed by atoms with Crippen molar-refractivity contribution in [2.24, 2.45) is 5.92 Å². The van der Waals surface area contributed by atoms with Gasteiger partial charge >= 0.3 is 5.97 Å². The molecule has 8 nitrogen and oxygen atoms in total. The molecule has 3 aromatic carbocycles. The molecule has 1 aliphatic rings. The fourth-order valence-corrected chi connectivity index (χ4v) is 4.79.